The zero-order valence-electron chi connectivity index (χ0n) is 9.45. The predicted octanol–water partition coefficient (Wildman–Crippen LogP) is 2.76. The van der Waals surface area contributed by atoms with E-state index in [0.717, 1.165) is 11.4 Å². The minimum Gasteiger partial charge on any atom is -0.495 e. The first kappa shape index (κ1) is 11.5. The molecule has 0 spiro atoms. The molecule has 0 aromatic heterocycles. The lowest BCUT2D eigenvalue weighted by molar-refractivity contribution is 0.415. The molecular weight excluding hydrogens is 186 g/mol. The van der Waals surface area contributed by atoms with E-state index in [1.165, 1.54) is 0 Å². The van der Waals surface area contributed by atoms with Crippen molar-refractivity contribution < 1.29 is 4.74 Å². The van der Waals surface area contributed by atoms with E-state index in [-0.39, 0.29) is 6.04 Å². The summed E-state index contributed by atoms with van der Waals surface area (Å²) in [6, 6.07) is 7.80. The van der Waals surface area contributed by atoms with Crippen molar-refractivity contribution in [1.82, 2.24) is 0 Å². The number of benzene rings is 1. The fraction of sp³-hybridized carbons (Fsp3) is 0.385. The van der Waals surface area contributed by atoms with Crippen LogP contribution in [0.15, 0.2) is 24.3 Å². The van der Waals surface area contributed by atoms with E-state index in [1.54, 1.807) is 7.11 Å². The van der Waals surface area contributed by atoms with Gasteiger partial charge in [-0.3, -0.25) is 0 Å². The number of hydrogen-bond acceptors (Lipinski definition) is 2. The van der Waals surface area contributed by atoms with Crippen LogP contribution in [0.5, 0.6) is 5.75 Å². The highest BCUT2D eigenvalue weighted by atomic mass is 16.5. The van der Waals surface area contributed by atoms with Crippen LogP contribution in [0.2, 0.25) is 0 Å². The minimum absolute atomic E-state index is 0.0290. The van der Waals surface area contributed by atoms with Crippen molar-refractivity contribution >= 4 is 5.69 Å². The van der Waals surface area contributed by atoms with Crippen LogP contribution in [-0.4, -0.2) is 13.2 Å². The fourth-order valence-electron chi connectivity index (χ4n) is 1.33. The Kier molecular flexibility index (Phi) is 4.05. The van der Waals surface area contributed by atoms with Crippen molar-refractivity contribution in [2.75, 3.05) is 12.4 Å². The summed E-state index contributed by atoms with van der Waals surface area (Å²) in [6.07, 6.45) is 5.46. The largest absolute Gasteiger partial charge is 0.495 e. The summed E-state index contributed by atoms with van der Waals surface area (Å²) in [5, 5.41) is 3.29. The molecule has 0 aliphatic carbocycles. The third-order valence-electron chi connectivity index (χ3n) is 2.26. The minimum atomic E-state index is 0.0290. The van der Waals surface area contributed by atoms with Gasteiger partial charge in [-0.05, 0) is 18.1 Å². The van der Waals surface area contributed by atoms with E-state index < -0.39 is 0 Å². The average Bonchev–Trinajstić information content (AvgIpc) is 2.25. The van der Waals surface area contributed by atoms with E-state index in [4.69, 9.17) is 11.2 Å². The first-order valence-electron chi connectivity index (χ1n) is 5.04. The maximum Gasteiger partial charge on any atom is 0.141 e. The number of terminal acetylenes is 1. The maximum absolute atomic E-state index is 5.46. The van der Waals surface area contributed by atoms with Crippen LogP contribution in [-0.2, 0) is 0 Å². The van der Waals surface area contributed by atoms with Crippen LogP contribution in [0.4, 0.5) is 5.69 Å². The molecule has 1 rings (SSSR count). The summed E-state index contributed by atoms with van der Waals surface area (Å²) < 4.78 is 5.24. The van der Waals surface area contributed by atoms with Gasteiger partial charge in [-0.25, -0.2) is 0 Å². The first-order chi connectivity index (χ1) is 7.19. The summed E-state index contributed by atoms with van der Waals surface area (Å²) >= 11 is 0. The van der Waals surface area contributed by atoms with Crippen LogP contribution in [0.3, 0.4) is 0 Å². The van der Waals surface area contributed by atoms with Crippen molar-refractivity contribution in [2.24, 2.45) is 5.92 Å². The van der Waals surface area contributed by atoms with Crippen molar-refractivity contribution in [1.29, 1.82) is 0 Å². The number of para-hydroxylation sites is 2. The molecule has 0 saturated heterocycles. The van der Waals surface area contributed by atoms with Gasteiger partial charge in [0.05, 0.1) is 18.8 Å². The van der Waals surface area contributed by atoms with Crippen LogP contribution < -0.4 is 10.1 Å². The Balaban J connectivity index is 2.84. The number of rotatable bonds is 4. The van der Waals surface area contributed by atoms with Gasteiger partial charge < -0.3 is 10.1 Å². The summed E-state index contributed by atoms with van der Waals surface area (Å²) in [6.45, 7) is 4.18. The quantitative estimate of drug-likeness (QED) is 0.760. The summed E-state index contributed by atoms with van der Waals surface area (Å²) in [5.74, 6) is 3.94. The SMILES string of the molecule is C#C[C@@H](Nc1ccccc1OC)C(C)C. The molecule has 0 aliphatic heterocycles. The molecule has 0 unspecified atom stereocenters. The number of anilines is 1. The molecule has 0 fully saturated rings. The van der Waals surface area contributed by atoms with E-state index in [2.05, 4.69) is 25.1 Å². The van der Waals surface area contributed by atoms with Crippen LogP contribution in [0, 0.1) is 18.3 Å². The van der Waals surface area contributed by atoms with Gasteiger partial charge in [0.1, 0.15) is 5.75 Å². The van der Waals surface area contributed by atoms with Gasteiger partial charge >= 0.3 is 0 Å². The Morgan fingerprint density at radius 1 is 1.33 bits per heavy atom. The number of methoxy groups -OCH3 is 1. The molecular formula is C13H17NO. The normalized spacial score (nSPS) is 11.9. The number of nitrogens with one attached hydrogen (secondary N) is 1. The topological polar surface area (TPSA) is 21.3 Å². The van der Waals surface area contributed by atoms with Gasteiger partial charge in [0.15, 0.2) is 0 Å². The zero-order chi connectivity index (χ0) is 11.3. The molecule has 0 bridgehead atoms. The third-order valence-corrected chi connectivity index (χ3v) is 2.26. The highest BCUT2D eigenvalue weighted by Gasteiger charge is 2.11. The first-order valence-corrected chi connectivity index (χ1v) is 5.04. The maximum atomic E-state index is 5.46. The molecule has 0 saturated carbocycles. The van der Waals surface area contributed by atoms with E-state index >= 15 is 0 Å². The van der Waals surface area contributed by atoms with Gasteiger partial charge in [-0.2, -0.15) is 0 Å². The van der Waals surface area contributed by atoms with Gasteiger partial charge in [-0.1, -0.05) is 31.9 Å². The highest BCUT2D eigenvalue weighted by Crippen LogP contribution is 2.24. The second kappa shape index (κ2) is 5.31. The molecule has 2 heteroatoms. The van der Waals surface area contributed by atoms with Crippen molar-refractivity contribution in [2.45, 2.75) is 19.9 Å². The van der Waals surface area contributed by atoms with Crippen LogP contribution in [0.25, 0.3) is 0 Å². The lowest BCUT2D eigenvalue weighted by atomic mass is 10.1. The Morgan fingerprint density at radius 3 is 2.53 bits per heavy atom. The zero-order valence-corrected chi connectivity index (χ0v) is 9.45. The molecule has 0 heterocycles. The van der Waals surface area contributed by atoms with E-state index in [0.29, 0.717) is 5.92 Å². The van der Waals surface area contributed by atoms with E-state index in [9.17, 15) is 0 Å². The molecule has 80 valence electrons. The lowest BCUT2D eigenvalue weighted by Crippen LogP contribution is -2.23. The van der Waals surface area contributed by atoms with Gasteiger partial charge in [-0.15, -0.1) is 6.42 Å². The summed E-state index contributed by atoms with van der Waals surface area (Å²) in [4.78, 5) is 0. The van der Waals surface area contributed by atoms with Crippen molar-refractivity contribution in [3.63, 3.8) is 0 Å². The molecule has 0 amide bonds. The molecule has 0 radical (unpaired) electrons. The molecule has 1 atom stereocenters. The summed E-state index contributed by atoms with van der Waals surface area (Å²) in [5.41, 5.74) is 0.941. The van der Waals surface area contributed by atoms with Gasteiger partial charge in [0, 0.05) is 0 Å². The number of hydrogen-bond donors (Lipinski definition) is 1. The molecule has 1 aromatic rings. The second-order valence-corrected chi connectivity index (χ2v) is 3.73. The average molecular weight is 203 g/mol. The van der Waals surface area contributed by atoms with Crippen molar-refractivity contribution in [3.8, 4) is 18.1 Å². The van der Waals surface area contributed by atoms with Crippen LogP contribution in [0.1, 0.15) is 13.8 Å². The standard InChI is InChI=1S/C13H17NO/c1-5-11(10(2)3)14-12-8-6-7-9-13(12)15-4/h1,6-11,14H,2-4H3/t11-/m1/s1. The van der Waals surface area contributed by atoms with Gasteiger partial charge in [0.25, 0.3) is 0 Å². The Hall–Kier alpha value is -1.62. The number of ether oxygens (including phenoxy) is 1. The fourth-order valence-corrected chi connectivity index (χ4v) is 1.33. The Morgan fingerprint density at radius 2 is 2.00 bits per heavy atom. The predicted molar refractivity (Wildman–Crippen MR) is 64.1 cm³/mol. The third kappa shape index (κ3) is 2.92. The molecule has 1 aromatic carbocycles. The molecule has 2 nitrogen and oxygen atoms in total. The van der Waals surface area contributed by atoms with Crippen LogP contribution >= 0.6 is 0 Å². The monoisotopic (exact) mass is 203 g/mol. The second-order valence-electron chi connectivity index (χ2n) is 3.73. The summed E-state index contributed by atoms with van der Waals surface area (Å²) in [7, 11) is 1.65. The molecule has 0 aliphatic rings. The molecule has 1 N–H and O–H groups in total. The smallest absolute Gasteiger partial charge is 0.141 e. The van der Waals surface area contributed by atoms with Crippen molar-refractivity contribution in [3.05, 3.63) is 24.3 Å². The Labute approximate surface area is 91.6 Å². The molecule has 15 heavy (non-hydrogen) atoms. The lowest BCUT2D eigenvalue weighted by Gasteiger charge is -2.19. The highest BCUT2D eigenvalue weighted by molar-refractivity contribution is 5.57. The van der Waals surface area contributed by atoms with E-state index in [1.807, 2.05) is 24.3 Å². The van der Waals surface area contributed by atoms with Gasteiger partial charge in [0.2, 0.25) is 0 Å². The Bertz CT molecular complexity index is 352.